The highest BCUT2D eigenvalue weighted by Crippen LogP contribution is 2.43. The molecule has 21 nitrogen and oxygen atoms in total. The van der Waals surface area contributed by atoms with Gasteiger partial charge in [-0.2, -0.15) is 55.9 Å². The number of nitrogen functional groups attached to an aromatic ring is 1. The normalized spacial score (nSPS) is 12.6. The number of hydrogen-bond acceptors (Lipinski definition) is 17. The number of nitrogens with one attached hydrogen (secondary N) is 1. The van der Waals surface area contributed by atoms with E-state index in [1.165, 1.54) is 18.2 Å². The van der Waals surface area contributed by atoms with Crippen molar-refractivity contribution >= 4 is 104 Å². The molecule has 7 N–H and O–H groups in total. The molecular formula is C46H40N10O11S3. The number of rotatable bonds is 13. The first-order valence-corrected chi connectivity index (χ1v) is 24.7. The third kappa shape index (κ3) is 11.5. The minimum absolute atomic E-state index is 0.178. The molecule has 0 unspecified atom stereocenters. The molecule has 24 heteroatoms. The number of anilines is 2. The summed E-state index contributed by atoms with van der Waals surface area (Å²) in [5, 5.41) is 48.2. The number of phenolic OH excluding ortho intramolecular Hbond substituents is 1. The van der Waals surface area contributed by atoms with Crippen molar-refractivity contribution in [2.24, 2.45) is 40.9 Å². The van der Waals surface area contributed by atoms with Crippen LogP contribution in [0.1, 0.15) is 38.2 Å². The summed E-state index contributed by atoms with van der Waals surface area (Å²) in [6, 6.07) is 26.0. The number of fused-ring (bicyclic) bond motifs is 1. The van der Waals surface area contributed by atoms with Crippen LogP contribution in [0.2, 0.25) is 0 Å². The Bertz CT molecular complexity index is 3770. The molecular weight excluding hydrogens is 965 g/mol. The van der Waals surface area contributed by atoms with Gasteiger partial charge in [0.05, 0.1) is 39.0 Å². The zero-order valence-corrected chi connectivity index (χ0v) is 39.9. The number of amides is 1. The number of nitrogens with two attached hydrogens (primary N) is 1. The van der Waals surface area contributed by atoms with Crippen LogP contribution >= 0.6 is 0 Å². The molecule has 1 amide bonds. The van der Waals surface area contributed by atoms with Gasteiger partial charge < -0.3 is 16.2 Å². The summed E-state index contributed by atoms with van der Waals surface area (Å²) in [7, 11) is -14.6. The zero-order valence-electron chi connectivity index (χ0n) is 37.4. The van der Waals surface area contributed by atoms with E-state index in [1.54, 1.807) is 87.5 Å². The third-order valence-corrected chi connectivity index (χ3v) is 13.1. The Labute approximate surface area is 400 Å². The molecule has 7 aromatic carbocycles. The molecule has 0 heterocycles. The standard InChI is InChI=1S/C46H40N10O11S3/c1-24-16-33(11-14-36(24)50-51-37-15-12-34(68(59,60)61)23-42(37)69(62,63)64)49-52-38-17-26(3)39(18-25(38)2)53-54-40-19-28(5)41(20-27(40)4)55-56-44-43(70(65,66)67)22-30-21-32(10-13-35(30)45(44)57)48-46(58)29-6-8-31(47)9-7-29/h6-23,57H,47H2,1-5H3,(H,48,58)(H,59,60,61)(H,62,63,64)(H,65,66,67). The monoisotopic (exact) mass is 1000 g/mol. The van der Waals surface area contributed by atoms with E-state index in [9.17, 15) is 48.8 Å². The van der Waals surface area contributed by atoms with Crippen LogP contribution in [0, 0.1) is 34.6 Å². The second-order valence-corrected chi connectivity index (χ2v) is 20.0. The summed E-state index contributed by atoms with van der Waals surface area (Å²) < 4.78 is 101. The zero-order chi connectivity index (χ0) is 50.9. The lowest BCUT2D eigenvalue weighted by molar-refractivity contribution is 0.102. The Morgan fingerprint density at radius 3 is 1.50 bits per heavy atom. The van der Waals surface area contributed by atoms with Gasteiger partial charge in [-0.15, -0.1) is 10.2 Å². The van der Waals surface area contributed by atoms with Gasteiger partial charge in [-0.1, -0.05) is 0 Å². The third-order valence-electron chi connectivity index (χ3n) is 10.5. The Balaban J connectivity index is 1.06. The highest BCUT2D eigenvalue weighted by atomic mass is 32.2. The first kappa shape index (κ1) is 49.9. The molecule has 7 rings (SSSR count). The number of carbonyl (C=O) groups is 1. The maximum absolute atomic E-state index is 12.8. The number of aromatic hydroxyl groups is 1. The molecule has 0 saturated heterocycles. The van der Waals surface area contributed by atoms with E-state index in [4.69, 9.17) is 5.73 Å². The van der Waals surface area contributed by atoms with Crippen LogP contribution in [0.3, 0.4) is 0 Å². The number of nitrogens with zero attached hydrogens (tertiary/aromatic N) is 8. The molecule has 0 aliphatic carbocycles. The molecule has 70 heavy (non-hydrogen) atoms. The fraction of sp³-hybridized carbons (Fsp3) is 0.109. The molecule has 0 radical (unpaired) electrons. The SMILES string of the molecule is Cc1cc(N=Nc2cc(C)c(N=Nc3c(S(=O)(=O)O)cc4cc(NC(=O)c5ccc(N)cc5)ccc4c3O)cc2C)c(C)cc1N=Nc1ccc(N=Nc2ccc(S(=O)(=O)O)cc2S(=O)(=O)O)c(C)c1. The predicted octanol–water partition coefficient (Wildman–Crippen LogP) is 12.3. The first-order chi connectivity index (χ1) is 32.8. The lowest BCUT2D eigenvalue weighted by Gasteiger charge is -2.11. The Hall–Kier alpha value is -8.00. The van der Waals surface area contributed by atoms with Gasteiger partial charge in [-0.25, -0.2) is 0 Å². The highest BCUT2D eigenvalue weighted by Gasteiger charge is 2.24. The van der Waals surface area contributed by atoms with Gasteiger partial charge >= 0.3 is 0 Å². The van der Waals surface area contributed by atoms with Crippen molar-refractivity contribution in [3.05, 3.63) is 143 Å². The summed E-state index contributed by atoms with van der Waals surface area (Å²) >= 11 is 0. The van der Waals surface area contributed by atoms with Crippen molar-refractivity contribution in [1.82, 2.24) is 0 Å². The fourth-order valence-electron chi connectivity index (χ4n) is 6.75. The quantitative estimate of drug-likeness (QED) is 0.0357. The average Bonchev–Trinajstić information content (AvgIpc) is 3.28. The van der Waals surface area contributed by atoms with Gasteiger partial charge in [0.2, 0.25) is 0 Å². The van der Waals surface area contributed by atoms with E-state index in [1.807, 2.05) is 13.8 Å². The van der Waals surface area contributed by atoms with E-state index < -0.39 is 62.4 Å². The molecule has 0 bridgehead atoms. The second kappa shape index (κ2) is 19.5. The summed E-state index contributed by atoms with van der Waals surface area (Å²) in [5.74, 6) is -1.02. The van der Waals surface area contributed by atoms with Crippen molar-refractivity contribution in [3.63, 3.8) is 0 Å². The largest absolute Gasteiger partial charge is 0.505 e. The maximum Gasteiger partial charge on any atom is 0.296 e. The van der Waals surface area contributed by atoms with Gasteiger partial charge in [-0.3, -0.25) is 18.5 Å². The summed E-state index contributed by atoms with van der Waals surface area (Å²) in [6.45, 7) is 8.83. The molecule has 0 aromatic heterocycles. The van der Waals surface area contributed by atoms with Gasteiger partial charge in [0.15, 0.2) is 5.75 Å². The van der Waals surface area contributed by atoms with Crippen molar-refractivity contribution in [1.29, 1.82) is 0 Å². The van der Waals surface area contributed by atoms with E-state index in [2.05, 4.69) is 46.2 Å². The predicted molar refractivity (Wildman–Crippen MR) is 260 cm³/mol. The van der Waals surface area contributed by atoms with Crippen LogP contribution < -0.4 is 11.1 Å². The molecule has 0 saturated carbocycles. The van der Waals surface area contributed by atoms with Gasteiger partial charge in [0, 0.05) is 22.3 Å². The van der Waals surface area contributed by atoms with E-state index in [0.29, 0.717) is 73.8 Å². The first-order valence-electron chi connectivity index (χ1n) is 20.4. The molecule has 0 atom stereocenters. The Morgan fingerprint density at radius 2 is 0.971 bits per heavy atom. The Morgan fingerprint density at radius 1 is 0.486 bits per heavy atom. The summed E-state index contributed by atoms with van der Waals surface area (Å²) in [6.07, 6.45) is 0. The summed E-state index contributed by atoms with van der Waals surface area (Å²) in [5.41, 5.74) is 11.8. The van der Waals surface area contributed by atoms with E-state index in [-0.39, 0.29) is 16.5 Å². The van der Waals surface area contributed by atoms with Crippen LogP contribution in [0.5, 0.6) is 5.75 Å². The second-order valence-electron chi connectivity index (χ2n) is 15.8. The van der Waals surface area contributed by atoms with Gasteiger partial charge in [0.1, 0.15) is 21.2 Å². The number of aryl methyl sites for hydroxylation is 5. The van der Waals surface area contributed by atoms with Crippen LogP contribution in [-0.2, 0) is 30.4 Å². The molecule has 7 aromatic rings. The minimum Gasteiger partial charge on any atom is -0.505 e. The van der Waals surface area contributed by atoms with Crippen LogP contribution in [0.15, 0.2) is 165 Å². The smallest absolute Gasteiger partial charge is 0.296 e. The maximum atomic E-state index is 12.8. The lowest BCUT2D eigenvalue weighted by Crippen LogP contribution is -2.11. The van der Waals surface area contributed by atoms with Crippen molar-refractivity contribution < 1.29 is 48.8 Å². The number of carbonyl (C=O) groups excluding carboxylic acids is 1. The molecule has 0 fully saturated rings. The van der Waals surface area contributed by atoms with Crippen LogP contribution in [0.4, 0.5) is 56.9 Å². The minimum atomic E-state index is -4.94. The molecule has 0 spiro atoms. The van der Waals surface area contributed by atoms with Crippen molar-refractivity contribution in [2.75, 3.05) is 11.1 Å². The van der Waals surface area contributed by atoms with Crippen molar-refractivity contribution in [2.45, 2.75) is 49.3 Å². The fourth-order valence-corrected chi connectivity index (χ4v) is 8.64. The topological polar surface area (TPSA) is 337 Å². The molecule has 0 aliphatic rings. The van der Waals surface area contributed by atoms with Gasteiger partial charge in [0.25, 0.3) is 36.3 Å². The number of hydrogen-bond donors (Lipinski definition) is 6. The molecule has 358 valence electrons. The average molecular weight is 1010 g/mol. The highest BCUT2D eigenvalue weighted by molar-refractivity contribution is 7.87. The lowest BCUT2D eigenvalue weighted by atomic mass is 10.1. The van der Waals surface area contributed by atoms with Crippen molar-refractivity contribution in [3.8, 4) is 5.75 Å². The number of azo groups is 4. The van der Waals surface area contributed by atoms with E-state index in [0.717, 1.165) is 29.3 Å². The van der Waals surface area contributed by atoms with E-state index >= 15 is 0 Å². The van der Waals surface area contributed by atoms with Crippen LogP contribution in [0.25, 0.3) is 10.8 Å². The molecule has 0 aliphatic heterocycles. The summed E-state index contributed by atoms with van der Waals surface area (Å²) in [4.78, 5) is 10.5. The van der Waals surface area contributed by atoms with Gasteiger partial charge in [-0.05, 0) is 177 Å². The number of phenols is 1. The number of benzene rings is 7. The Kier molecular flexibility index (Phi) is 13.9. The van der Waals surface area contributed by atoms with Crippen LogP contribution in [-0.4, -0.2) is 49.9 Å².